The van der Waals surface area contributed by atoms with Crippen molar-refractivity contribution >= 4 is 5.91 Å². The monoisotopic (exact) mass is 253 g/mol. The van der Waals surface area contributed by atoms with Crippen molar-refractivity contribution in [2.24, 2.45) is 11.8 Å². The summed E-state index contributed by atoms with van der Waals surface area (Å²) in [6, 6.07) is 0.382. The Hall–Kier alpha value is -0.610. The molecule has 2 aliphatic rings. The standard InChI is InChI=1S/C14H27N3O/c1-11(2)13-10-16-7-8-17(13)14(18)9-12-3-5-15-6-4-12/h11-13,15-16H,3-10H2,1-2H3/t13-/m1/s1. The first-order valence-electron chi connectivity index (χ1n) is 7.39. The summed E-state index contributed by atoms with van der Waals surface area (Å²) >= 11 is 0. The molecular formula is C14H27N3O. The van der Waals surface area contributed by atoms with Crippen molar-refractivity contribution in [2.45, 2.75) is 39.2 Å². The highest BCUT2D eigenvalue weighted by Gasteiger charge is 2.30. The molecule has 2 rings (SSSR count). The van der Waals surface area contributed by atoms with Crippen LogP contribution in [-0.2, 0) is 4.79 Å². The van der Waals surface area contributed by atoms with Crippen LogP contribution in [0.1, 0.15) is 33.1 Å². The Balaban J connectivity index is 1.89. The highest BCUT2D eigenvalue weighted by atomic mass is 16.2. The molecule has 2 saturated heterocycles. The van der Waals surface area contributed by atoms with Crippen molar-refractivity contribution in [3.05, 3.63) is 0 Å². The van der Waals surface area contributed by atoms with Gasteiger partial charge in [-0.05, 0) is 37.8 Å². The zero-order valence-electron chi connectivity index (χ0n) is 11.7. The Kier molecular flexibility index (Phi) is 5.01. The molecule has 0 aromatic carbocycles. The number of amides is 1. The molecule has 0 aromatic heterocycles. The van der Waals surface area contributed by atoms with Crippen LogP contribution in [0.2, 0.25) is 0 Å². The summed E-state index contributed by atoms with van der Waals surface area (Å²) in [6.45, 7) is 9.36. The number of nitrogens with zero attached hydrogens (tertiary/aromatic N) is 1. The Morgan fingerprint density at radius 3 is 2.61 bits per heavy atom. The highest BCUT2D eigenvalue weighted by molar-refractivity contribution is 5.77. The van der Waals surface area contributed by atoms with Gasteiger partial charge in [-0.25, -0.2) is 0 Å². The van der Waals surface area contributed by atoms with Gasteiger partial charge in [0.05, 0.1) is 0 Å². The van der Waals surface area contributed by atoms with E-state index < -0.39 is 0 Å². The number of hydrogen-bond donors (Lipinski definition) is 2. The van der Waals surface area contributed by atoms with Crippen LogP contribution in [0.5, 0.6) is 0 Å². The quantitative estimate of drug-likeness (QED) is 0.783. The van der Waals surface area contributed by atoms with Gasteiger partial charge >= 0.3 is 0 Å². The summed E-state index contributed by atoms with van der Waals surface area (Å²) in [5.41, 5.74) is 0. The second-order valence-corrected chi connectivity index (χ2v) is 6.00. The van der Waals surface area contributed by atoms with Crippen molar-refractivity contribution in [1.82, 2.24) is 15.5 Å². The van der Waals surface area contributed by atoms with E-state index in [0.717, 1.165) is 52.0 Å². The molecule has 0 aliphatic carbocycles. The molecule has 0 bridgehead atoms. The number of carbonyl (C=O) groups excluding carboxylic acids is 1. The van der Waals surface area contributed by atoms with E-state index in [1.165, 1.54) is 0 Å². The lowest BCUT2D eigenvalue weighted by molar-refractivity contribution is -0.136. The van der Waals surface area contributed by atoms with E-state index in [4.69, 9.17) is 0 Å². The van der Waals surface area contributed by atoms with Crippen molar-refractivity contribution < 1.29 is 4.79 Å². The lowest BCUT2D eigenvalue weighted by Crippen LogP contribution is -2.56. The molecule has 0 spiro atoms. The first-order chi connectivity index (χ1) is 8.68. The third-order valence-corrected chi connectivity index (χ3v) is 4.30. The van der Waals surface area contributed by atoms with Crippen molar-refractivity contribution in [1.29, 1.82) is 0 Å². The van der Waals surface area contributed by atoms with Gasteiger partial charge in [0.25, 0.3) is 0 Å². The Morgan fingerprint density at radius 2 is 1.94 bits per heavy atom. The molecule has 2 aliphatic heterocycles. The molecule has 1 amide bonds. The molecule has 0 radical (unpaired) electrons. The third-order valence-electron chi connectivity index (χ3n) is 4.30. The van der Waals surface area contributed by atoms with Gasteiger partial charge in [-0.2, -0.15) is 0 Å². The van der Waals surface area contributed by atoms with Crippen LogP contribution in [-0.4, -0.2) is 49.6 Å². The van der Waals surface area contributed by atoms with E-state index in [1.54, 1.807) is 0 Å². The molecule has 4 heteroatoms. The average Bonchev–Trinajstić information content (AvgIpc) is 2.40. The summed E-state index contributed by atoms with van der Waals surface area (Å²) in [5.74, 6) is 1.51. The molecule has 0 saturated carbocycles. The van der Waals surface area contributed by atoms with Gasteiger partial charge in [-0.15, -0.1) is 0 Å². The van der Waals surface area contributed by atoms with Gasteiger partial charge in [0.1, 0.15) is 0 Å². The van der Waals surface area contributed by atoms with E-state index in [0.29, 0.717) is 23.8 Å². The average molecular weight is 253 g/mol. The van der Waals surface area contributed by atoms with Crippen molar-refractivity contribution in [3.8, 4) is 0 Å². The highest BCUT2D eigenvalue weighted by Crippen LogP contribution is 2.20. The van der Waals surface area contributed by atoms with Crippen molar-refractivity contribution in [3.63, 3.8) is 0 Å². The van der Waals surface area contributed by atoms with Gasteiger partial charge in [0.15, 0.2) is 0 Å². The summed E-state index contributed by atoms with van der Waals surface area (Å²) < 4.78 is 0. The maximum Gasteiger partial charge on any atom is 0.223 e. The van der Waals surface area contributed by atoms with Crippen LogP contribution >= 0.6 is 0 Å². The van der Waals surface area contributed by atoms with Crippen LogP contribution in [0.25, 0.3) is 0 Å². The normalized spacial score (nSPS) is 26.6. The summed E-state index contributed by atoms with van der Waals surface area (Å²) in [4.78, 5) is 14.6. The molecule has 4 nitrogen and oxygen atoms in total. The topological polar surface area (TPSA) is 44.4 Å². The van der Waals surface area contributed by atoms with Crippen LogP contribution < -0.4 is 10.6 Å². The summed E-state index contributed by atoms with van der Waals surface area (Å²) in [7, 11) is 0. The second kappa shape index (κ2) is 6.53. The van der Waals surface area contributed by atoms with E-state index in [1.807, 2.05) is 0 Å². The fourth-order valence-corrected chi connectivity index (χ4v) is 3.08. The number of rotatable bonds is 3. The Bertz CT molecular complexity index is 274. The third kappa shape index (κ3) is 3.45. The number of hydrogen-bond acceptors (Lipinski definition) is 3. The molecule has 2 N–H and O–H groups in total. The minimum absolute atomic E-state index is 0.377. The van der Waals surface area contributed by atoms with E-state index in [9.17, 15) is 4.79 Å². The van der Waals surface area contributed by atoms with E-state index >= 15 is 0 Å². The molecule has 0 unspecified atom stereocenters. The van der Waals surface area contributed by atoms with Gasteiger partial charge < -0.3 is 15.5 Å². The fourth-order valence-electron chi connectivity index (χ4n) is 3.08. The predicted octanol–water partition coefficient (Wildman–Crippen LogP) is 0.833. The SMILES string of the molecule is CC(C)[C@H]1CNCCN1C(=O)CC1CCNCC1. The van der Waals surface area contributed by atoms with Gasteiger partial charge in [-0.3, -0.25) is 4.79 Å². The fraction of sp³-hybridized carbons (Fsp3) is 0.929. The lowest BCUT2D eigenvalue weighted by atomic mass is 9.92. The van der Waals surface area contributed by atoms with E-state index in [2.05, 4.69) is 29.4 Å². The smallest absolute Gasteiger partial charge is 0.223 e. The number of piperidine rings is 1. The minimum Gasteiger partial charge on any atom is -0.337 e. The maximum absolute atomic E-state index is 12.5. The summed E-state index contributed by atoms with van der Waals surface area (Å²) in [5, 5.41) is 6.76. The zero-order valence-corrected chi connectivity index (χ0v) is 11.7. The maximum atomic E-state index is 12.5. The van der Waals surface area contributed by atoms with Crippen LogP contribution in [0.4, 0.5) is 0 Å². The predicted molar refractivity (Wildman–Crippen MR) is 73.4 cm³/mol. The number of carbonyl (C=O) groups is 1. The van der Waals surface area contributed by atoms with Gasteiger partial charge in [-0.1, -0.05) is 13.8 Å². The van der Waals surface area contributed by atoms with Crippen LogP contribution in [0.15, 0.2) is 0 Å². The van der Waals surface area contributed by atoms with Crippen LogP contribution in [0, 0.1) is 11.8 Å². The molecule has 2 heterocycles. The first-order valence-corrected chi connectivity index (χ1v) is 7.39. The minimum atomic E-state index is 0.377. The molecule has 104 valence electrons. The Labute approximate surface area is 110 Å². The van der Waals surface area contributed by atoms with E-state index in [-0.39, 0.29) is 0 Å². The van der Waals surface area contributed by atoms with Crippen molar-refractivity contribution in [2.75, 3.05) is 32.7 Å². The molecular weight excluding hydrogens is 226 g/mol. The van der Waals surface area contributed by atoms with Crippen LogP contribution in [0.3, 0.4) is 0 Å². The first kappa shape index (κ1) is 13.8. The molecule has 2 fully saturated rings. The lowest BCUT2D eigenvalue weighted by Gasteiger charge is -2.39. The number of nitrogens with one attached hydrogen (secondary N) is 2. The molecule has 18 heavy (non-hydrogen) atoms. The van der Waals surface area contributed by atoms with Gasteiger partial charge in [0.2, 0.25) is 5.91 Å². The van der Waals surface area contributed by atoms with Gasteiger partial charge in [0, 0.05) is 32.1 Å². The molecule has 0 aromatic rings. The summed E-state index contributed by atoms with van der Waals surface area (Å²) in [6.07, 6.45) is 3.07. The number of piperazine rings is 1. The Morgan fingerprint density at radius 1 is 1.22 bits per heavy atom. The largest absolute Gasteiger partial charge is 0.337 e. The zero-order chi connectivity index (χ0) is 13.0. The second-order valence-electron chi connectivity index (χ2n) is 6.00. The molecule has 1 atom stereocenters.